The molecule has 1 aromatic carbocycles. The van der Waals surface area contributed by atoms with Crippen molar-refractivity contribution in [2.24, 2.45) is 5.73 Å². The minimum Gasteiger partial charge on any atom is -0.330 e. The summed E-state index contributed by atoms with van der Waals surface area (Å²) in [5.74, 6) is 0. The normalized spacial score (nSPS) is 9.62. The number of hydrogen-bond acceptors (Lipinski definition) is 2. The van der Waals surface area contributed by atoms with Gasteiger partial charge in [-0.05, 0) is 25.1 Å². The highest BCUT2D eigenvalue weighted by molar-refractivity contribution is 5.77. The third-order valence-corrected chi connectivity index (χ3v) is 2.32. The van der Waals surface area contributed by atoms with E-state index in [1.54, 1.807) is 0 Å². The van der Waals surface area contributed by atoms with Crippen LogP contribution in [0.4, 0.5) is 0 Å². The first-order valence-electron chi connectivity index (χ1n) is 5.88. The Labute approximate surface area is 97.5 Å². The molecule has 0 radical (unpaired) electrons. The van der Waals surface area contributed by atoms with Gasteiger partial charge < -0.3 is 5.73 Å². The second kappa shape index (κ2) is 7.83. The smallest absolute Gasteiger partial charge is 0.0701 e. The summed E-state index contributed by atoms with van der Waals surface area (Å²) in [7, 11) is 0. The Morgan fingerprint density at radius 2 is 1.81 bits per heavy atom. The summed E-state index contributed by atoms with van der Waals surface area (Å²) >= 11 is 0. The average molecular weight is 216 g/mol. The number of nitrogens with zero attached hydrogens (tertiary/aromatic N) is 1. The molecule has 2 rings (SSSR count). The third-order valence-electron chi connectivity index (χ3n) is 2.32. The fourth-order valence-electron chi connectivity index (χ4n) is 1.41. The number of nitrogens with two attached hydrogens (primary N) is 1. The molecular weight excluding hydrogens is 196 g/mol. The van der Waals surface area contributed by atoms with E-state index in [1.807, 2.05) is 30.5 Å². The maximum Gasteiger partial charge on any atom is 0.0701 e. The molecule has 0 unspecified atom stereocenters. The van der Waals surface area contributed by atoms with Crippen LogP contribution in [0.15, 0.2) is 42.6 Å². The molecule has 86 valence electrons. The van der Waals surface area contributed by atoms with E-state index in [0.717, 1.165) is 12.1 Å². The van der Waals surface area contributed by atoms with Crippen LogP contribution in [-0.4, -0.2) is 11.5 Å². The molecule has 2 nitrogen and oxygen atoms in total. The number of para-hydroxylation sites is 1. The molecule has 0 amide bonds. The predicted molar refractivity (Wildman–Crippen MR) is 70.3 cm³/mol. The van der Waals surface area contributed by atoms with Gasteiger partial charge >= 0.3 is 0 Å². The number of unbranched alkanes of at least 4 members (excludes halogenated alkanes) is 2. The van der Waals surface area contributed by atoms with Gasteiger partial charge in [0.15, 0.2) is 0 Å². The molecule has 0 saturated heterocycles. The number of hydrogen-bond donors (Lipinski definition) is 1. The highest BCUT2D eigenvalue weighted by Crippen LogP contribution is 2.07. The van der Waals surface area contributed by atoms with Crippen molar-refractivity contribution >= 4 is 10.9 Å². The molecule has 0 saturated carbocycles. The molecule has 0 bridgehead atoms. The zero-order valence-corrected chi connectivity index (χ0v) is 9.89. The van der Waals surface area contributed by atoms with Crippen molar-refractivity contribution in [3.05, 3.63) is 42.6 Å². The van der Waals surface area contributed by atoms with E-state index in [1.165, 1.54) is 24.6 Å². The molecule has 0 aliphatic rings. The van der Waals surface area contributed by atoms with E-state index in [0.29, 0.717) is 0 Å². The van der Waals surface area contributed by atoms with Gasteiger partial charge in [-0.3, -0.25) is 4.98 Å². The van der Waals surface area contributed by atoms with Crippen LogP contribution >= 0.6 is 0 Å². The molecule has 1 heterocycles. The Kier molecular flexibility index (Phi) is 6.19. The standard InChI is InChI=1S/C9H7N.C5H13N/c1-2-6-9-8(4-1)5-3-7-10-9;1-2-3-4-5-6/h1-7H;2-6H2,1H3. The van der Waals surface area contributed by atoms with Crippen LogP contribution in [0.1, 0.15) is 26.2 Å². The van der Waals surface area contributed by atoms with Gasteiger partial charge in [0.05, 0.1) is 5.52 Å². The van der Waals surface area contributed by atoms with Crippen LogP contribution < -0.4 is 5.73 Å². The van der Waals surface area contributed by atoms with Crippen molar-refractivity contribution in [3.63, 3.8) is 0 Å². The molecule has 0 aliphatic heterocycles. The summed E-state index contributed by atoms with van der Waals surface area (Å²) in [6, 6.07) is 12.1. The SMILES string of the molecule is CCCCCN.c1ccc2ncccc2c1. The summed E-state index contributed by atoms with van der Waals surface area (Å²) < 4.78 is 0. The molecule has 16 heavy (non-hydrogen) atoms. The first-order chi connectivity index (χ1) is 7.88. The Morgan fingerprint density at radius 3 is 2.44 bits per heavy atom. The molecule has 0 spiro atoms. The number of fused-ring (bicyclic) bond motifs is 1. The fraction of sp³-hybridized carbons (Fsp3) is 0.357. The predicted octanol–water partition coefficient (Wildman–Crippen LogP) is 3.37. The van der Waals surface area contributed by atoms with Gasteiger partial charge in [-0.2, -0.15) is 0 Å². The van der Waals surface area contributed by atoms with E-state index in [2.05, 4.69) is 24.0 Å². The van der Waals surface area contributed by atoms with Crippen LogP contribution in [0, 0.1) is 0 Å². The third kappa shape index (κ3) is 4.41. The number of benzene rings is 1. The summed E-state index contributed by atoms with van der Waals surface area (Å²) in [6.07, 6.45) is 5.56. The Bertz CT molecular complexity index is 329. The molecule has 2 aromatic rings. The fourth-order valence-corrected chi connectivity index (χ4v) is 1.41. The van der Waals surface area contributed by atoms with E-state index in [9.17, 15) is 0 Å². The van der Waals surface area contributed by atoms with Crippen LogP contribution in [0.5, 0.6) is 0 Å². The quantitative estimate of drug-likeness (QED) is 0.799. The molecule has 0 fully saturated rings. The van der Waals surface area contributed by atoms with E-state index < -0.39 is 0 Å². The summed E-state index contributed by atoms with van der Waals surface area (Å²) in [6.45, 7) is 3.03. The Hall–Kier alpha value is -1.41. The van der Waals surface area contributed by atoms with Crippen molar-refractivity contribution in [2.75, 3.05) is 6.54 Å². The Balaban J connectivity index is 0.000000187. The van der Waals surface area contributed by atoms with E-state index in [4.69, 9.17) is 5.73 Å². The molecular formula is C14H20N2. The van der Waals surface area contributed by atoms with Gasteiger partial charge in [-0.1, -0.05) is 44.0 Å². The second-order valence-electron chi connectivity index (χ2n) is 3.69. The van der Waals surface area contributed by atoms with Gasteiger partial charge in [0, 0.05) is 11.6 Å². The van der Waals surface area contributed by atoms with Crippen molar-refractivity contribution in [2.45, 2.75) is 26.2 Å². The van der Waals surface area contributed by atoms with Gasteiger partial charge in [0.25, 0.3) is 0 Å². The van der Waals surface area contributed by atoms with Gasteiger partial charge in [0.2, 0.25) is 0 Å². The highest BCUT2D eigenvalue weighted by Gasteiger charge is 1.86. The lowest BCUT2D eigenvalue weighted by Crippen LogP contribution is -1.96. The van der Waals surface area contributed by atoms with Crippen molar-refractivity contribution in [1.29, 1.82) is 0 Å². The lowest BCUT2D eigenvalue weighted by Gasteiger charge is -1.91. The monoisotopic (exact) mass is 216 g/mol. The molecule has 2 N–H and O–H groups in total. The average Bonchev–Trinajstić information content (AvgIpc) is 2.37. The lowest BCUT2D eigenvalue weighted by atomic mass is 10.2. The van der Waals surface area contributed by atoms with Crippen LogP contribution in [0.25, 0.3) is 10.9 Å². The van der Waals surface area contributed by atoms with Crippen LogP contribution in [0.3, 0.4) is 0 Å². The summed E-state index contributed by atoms with van der Waals surface area (Å²) in [5, 5.41) is 1.20. The van der Waals surface area contributed by atoms with Crippen LogP contribution in [-0.2, 0) is 0 Å². The molecule has 0 atom stereocenters. The number of pyridine rings is 1. The number of aromatic nitrogens is 1. The van der Waals surface area contributed by atoms with Crippen molar-refractivity contribution < 1.29 is 0 Å². The summed E-state index contributed by atoms with van der Waals surface area (Å²) in [4.78, 5) is 4.18. The van der Waals surface area contributed by atoms with Gasteiger partial charge in [0.1, 0.15) is 0 Å². The zero-order valence-electron chi connectivity index (χ0n) is 9.89. The van der Waals surface area contributed by atoms with Gasteiger partial charge in [-0.25, -0.2) is 0 Å². The highest BCUT2D eigenvalue weighted by atomic mass is 14.6. The van der Waals surface area contributed by atoms with Crippen LogP contribution in [0.2, 0.25) is 0 Å². The number of rotatable bonds is 3. The zero-order chi connectivity index (χ0) is 11.6. The maximum atomic E-state index is 5.21. The minimum absolute atomic E-state index is 0.855. The van der Waals surface area contributed by atoms with E-state index in [-0.39, 0.29) is 0 Å². The summed E-state index contributed by atoms with van der Waals surface area (Å²) in [5.41, 5.74) is 6.27. The largest absolute Gasteiger partial charge is 0.330 e. The second-order valence-corrected chi connectivity index (χ2v) is 3.69. The Morgan fingerprint density at radius 1 is 1.06 bits per heavy atom. The van der Waals surface area contributed by atoms with E-state index >= 15 is 0 Å². The van der Waals surface area contributed by atoms with Crippen molar-refractivity contribution in [3.8, 4) is 0 Å². The molecule has 2 heteroatoms. The lowest BCUT2D eigenvalue weighted by molar-refractivity contribution is 0.727. The first-order valence-corrected chi connectivity index (χ1v) is 5.88. The van der Waals surface area contributed by atoms with Crippen molar-refractivity contribution in [1.82, 2.24) is 4.98 Å². The molecule has 0 aliphatic carbocycles. The minimum atomic E-state index is 0.855. The maximum absolute atomic E-state index is 5.21. The topological polar surface area (TPSA) is 38.9 Å². The first kappa shape index (κ1) is 12.7. The van der Waals surface area contributed by atoms with Gasteiger partial charge in [-0.15, -0.1) is 0 Å². The molecule has 1 aromatic heterocycles.